The van der Waals surface area contributed by atoms with Crippen molar-refractivity contribution >= 4 is 11.7 Å². The molecule has 2 N–H and O–H groups in total. The lowest BCUT2D eigenvalue weighted by Crippen LogP contribution is -2.31. The van der Waals surface area contributed by atoms with E-state index < -0.39 is 0 Å². The van der Waals surface area contributed by atoms with Crippen molar-refractivity contribution in [2.24, 2.45) is 0 Å². The van der Waals surface area contributed by atoms with Crippen LogP contribution in [0.1, 0.15) is 36.1 Å². The van der Waals surface area contributed by atoms with E-state index in [1.807, 2.05) is 31.2 Å². The molecule has 25 heavy (non-hydrogen) atoms. The number of rotatable bonds is 5. The average molecular weight is 340 g/mol. The predicted octanol–water partition coefficient (Wildman–Crippen LogP) is 4.08. The van der Waals surface area contributed by atoms with Crippen molar-refractivity contribution in [1.29, 1.82) is 0 Å². The summed E-state index contributed by atoms with van der Waals surface area (Å²) < 4.78 is 10.6. The monoisotopic (exact) mass is 340 g/mol. The third-order valence-corrected chi connectivity index (χ3v) is 4.61. The Balaban J connectivity index is 1.64. The molecule has 1 aliphatic rings. The number of hydrogen-bond acceptors (Lipinski definition) is 3. The molecule has 5 nitrogen and oxygen atoms in total. The van der Waals surface area contributed by atoms with Crippen LogP contribution in [0.5, 0.6) is 11.5 Å². The number of fused-ring (bicyclic) bond motifs is 1. The number of ether oxygens (including phenoxy) is 2. The number of hydrogen-bond donors (Lipinski definition) is 2. The maximum Gasteiger partial charge on any atom is 0.319 e. The second-order valence-electron chi connectivity index (χ2n) is 6.27. The number of urea groups is 1. The molecule has 1 aliphatic carbocycles. The molecule has 0 radical (unpaired) electrons. The predicted molar refractivity (Wildman–Crippen MR) is 98.6 cm³/mol. The van der Waals surface area contributed by atoms with Crippen LogP contribution in [0.4, 0.5) is 10.5 Å². The first-order valence-electron chi connectivity index (χ1n) is 8.52. The van der Waals surface area contributed by atoms with Gasteiger partial charge in [-0.2, -0.15) is 0 Å². The molecule has 0 bridgehead atoms. The number of carbonyl (C=O) groups is 1. The lowest BCUT2D eigenvalue weighted by atomic mass is 10.1. The van der Waals surface area contributed by atoms with Gasteiger partial charge in [0.2, 0.25) is 0 Å². The van der Waals surface area contributed by atoms with Gasteiger partial charge < -0.3 is 20.1 Å². The molecule has 0 aliphatic heterocycles. The number of anilines is 1. The van der Waals surface area contributed by atoms with Crippen molar-refractivity contribution in [2.75, 3.05) is 19.5 Å². The fraction of sp³-hybridized carbons (Fsp3) is 0.350. The molecule has 0 saturated carbocycles. The molecule has 0 aromatic heterocycles. The Bertz CT molecular complexity index is 774. The minimum absolute atomic E-state index is 0.158. The fourth-order valence-corrected chi connectivity index (χ4v) is 3.22. The molecule has 0 saturated heterocycles. The molecule has 0 heterocycles. The average Bonchev–Trinajstić information content (AvgIpc) is 3.08. The van der Waals surface area contributed by atoms with Crippen molar-refractivity contribution < 1.29 is 14.3 Å². The van der Waals surface area contributed by atoms with E-state index in [2.05, 4.69) is 22.8 Å². The second-order valence-corrected chi connectivity index (χ2v) is 6.27. The van der Waals surface area contributed by atoms with E-state index in [1.54, 1.807) is 14.2 Å². The third kappa shape index (κ3) is 3.87. The SMILES string of the molecule is COc1ccc(C(C)NC(=O)Nc2ccc3c(c2)CCC3)cc1OC. The highest BCUT2D eigenvalue weighted by molar-refractivity contribution is 5.89. The quantitative estimate of drug-likeness (QED) is 0.862. The summed E-state index contributed by atoms with van der Waals surface area (Å²) in [6.45, 7) is 1.93. The van der Waals surface area contributed by atoms with Gasteiger partial charge in [-0.15, -0.1) is 0 Å². The summed E-state index contributed by atoms with van der Waals surface area (Å²) >= 11 is 0. The van der Waals surface area contributed by atoms with Crippen LogP contribution in [-0.4, -0.2) is 20.3 Å². The highest BCUT2D eigenvalue weighted by atomic mass is 16.5. The van der Waals surface area contributed by atoms with E-state index >= 15 is 0 Å². The lowest BCUT2D eigenvalue weighted by Gasteiger charge is -2.17. The zero-order valence-electron chi connectivity index (χ0n) is 14.9. The van der Waals surface area contributed by atoms with Gasteiger partial charge in [0.25, 0.3) is 0 Å². The summed E-state index contributed by atoms with van der Waals surface area (Å²) in [5, 5.41) is 5.87. The Morgan fingerprint density at radius 2 is 1.76 bits per heavy atom. The van der Waals surface area contributed by atoms with Gasteiger partial charge >= 0.3 is 6.03 Å². The second kappa shape index (κ2) is 7.47. The highest BCUT2D eigenvalue weighted by Crippen LogP contribution is 2.30. The van der Waals surface area contributed by atoms with Gasteiger partial charge in [-0.3, -0.25) is 0 Å². The highest BCUT2D eigenvalue weighted by Gasteiger charge is 2.14. The minimum Gasteiger partial charge on any atom is -0.493 e. The maximum absolute atomic E-state index is 12.3. The molecule has 0 fully saturated rings. The topological polar surface area (TPSA) is 59.6 Å². The van der Waals surface area contributed by atoms with E-state index in [0.717, 1.165) is 24.1 Å². The maximum atomic E-state index is 12.3. The fourth-order valence-electron chi connectivity index (χ4n) is 3.22. The van der Waals surface area contributed by atoms with Crippen LogP contribution in [-0.2, 0) is 12.8 Å². The first-order chi connectivity index (χ1) is 12.1. The number of aryl methyl sites for hydroxylation is 2. The molecule has 2 aromatic rings. The van der Waals surface area contributed by atoms with Crippen molar-refractivity contribution in [3.63, 3.8) is 0 Å². The molecule has 132 valence electrons. The Labute approximate surface area is 148 Å². The van der Waals surface area contributed by atoms with Crippen LogP contribution in [0, 0.1) is 0 Å². The molecule has 1 unspecified atom stereocenters. The van der Waals surface area contributed by atoms with Gasteiger partial charge in [0.05, 0.1) is 20.3 Å². The van der Waals surface area contributed by atoms with Gasteiger partial charge in [-0.1, -0.05) is 12.1 Å². The summed E-state index contributed by atoms with van der Waals surface area (Å²) in [5.74, 6) is 1.31. The Hall–Kier alpha value is -2.69. The Morgan fingerprint density at radius 3 is 2.52 bits per heavy atom. The van der Waals surface area contributed by atoms with Crippen molar-refractivity contribution in [2.45, 2.75) is 32.2 Å². The molecular weight excluding hydrogens is 316 g/mol. The van der Waals surface area contributed by atoms with Gasteiger partial charge in [0.1, 0.15) is 0 Å². The van der Waals surface area contributed by atoms with Crippen LogP contribution in [0.3, 0.4) is 0 Å². The number of nitrogens with one attached hydrogen (secondary N) is 2. The smallest absolute Gasteiger partial charge is 0.319 e. The van der Waals surface area contributed by atoms with Gasteiger partial charge in [0.15, 0.2) is 11.5 Å². The van der Waals surface area contributed by atoms with E-state index in [0.29, 0.717) is 11.5 Å². The van der Waals surface area contributed by atoms with Gasteiger partial charge in [-0.05, 0) is 67.1 Å². The van der Waals surface area contributed by atoms with E-state index in [1.165, 1.54) is 17.5 Å². The molecule has 1 atom stereocenters. The lowest BCUT2D eigenvalue weighted by molar-refractivity contribution is 0.249. The Morgan fingerprint density at radius 1 is 1.00 bits per heavy atom. The number of carbonyl (C=O) groups excluding carboxylic acids is 1. The standard InChI is InChI=1S/C20H24N2O3/c1-13(15-8-10-18(24-2)19(12-15)25-3)21-20(23)22-17-9-7-14-5-4-6-16(14)11-17/h7-13H,4-6H2,1-3H3,(H2,21,22,23). The molecule has 0 spiro atoms. The molecule has 3 rings (SSSR count). The zero-order valence-corrected chi connectivity index (χ0v) is 14.9. The number of amides is 2. The molecular formula is C20H24N2O3. The summed E-state index contributed by atoms with van der Waals surface area (Å²) in [7, 11) is 3.20. The van der Waals surface area contributed by atoms with Gasteiger partial charge in [0, 0.05) is 5.69 Å². The van der Waals surface area contributed by atoms with Crippen molar-refractivity contribution in [3.05, 3.63) is 53.1 Å². The van der Waals surface area contributed by atoms with Crippen LogP contribution in [0.2, 0.25) is 0 Å². The third-order valence-electron chi connectivity index (χ3n) is 4.61. The summed E-state index contributed by atoms with van der Waals surface area (Å²) in [5.41, 5.74) is 4.51. The zero-order chi connectivity index (χ0) is 17.8. The molecule has 2 aromatic carbocycles. The summed E-state index contributed by atoms with van der Waals surface area (Å²) in [4.78, 5) is 12.3. The summed E-state index contributed by atoms with van der Waals surface area (Å²) in [6, 6.07) is 11.4. The Kier molecular flexibility index (Phi) is 5.12. The van der Waals surface area contributed by atoms with Gasteiger partial charge in [-0.25, -0.2) is 4.79 Å². The van der Waals surface area contributed by atoms with Crippen LogP contribution < -0.4 is 20.1 Å². The van der Waals surface area contributed by atoms with Crippen LogP contribution in [0.15, 0.2) is 36.4 Å². The van der Waals surface area contributed by atoms with Crippen molar-refractivity contribution in [1.82, 2.24) is 5.32 Å². The number of methoxy groups -OCH3 is 2. The summed E-state index contributed by atoms with van der Waals surface area (Å²) in [6.07, 6.45) is 3.42. The minimum atomic E-state index is -0.222. The van der Waals surface area contributed by atoms with E-state index in [9.17, 15) is 4.79 Å². The first kappa shape index (κ1) is 17.1. The number of benzene rings is 2. The normalized spacial score (nSPS) is 13.7. The van der Waals surface area contributed by atoms with E-state index in [-0.39, 0.29) is 12.1 Å². The molecule has 5 heteroatoms. The van der Waals surface area contributed by atoms with Crippen molar-refractivity contribution in [3.8, 4) is 11.5 Å². The molecule has 2 amide bonds. The first-order valence-corrected chi connectivity index (χ1v) is 8.52. The largest absolute Gasteiger partial charge is 0.493 e. The van der Waals surface area contributed by atoms with Crippen LogP contribution in [0.25, 0.3) is 0 Å². The van der Waals surface area contributed by atoms with E-state index in [4.69, 9.17) is 9.47 Å². The van der Waals surface area contributed by atoms with Crippen LogP contribution >= 0.6 is 0 Å².